The molecule has 1 atom stereocenters. The molecule has 3 N–H and O–H groups in total. The summed E-state index contributed by atoms with van der Waals surface area (Å²) in [5.41, 5.74) is -0.254. The molecule has 0 radical (unpaired) electrons. The van der Waals surface area contributed by atoms with E-state index in [1.165, 1.54) is 55.5 Å². The maximum absolute atomic E-state index is 13.5. The molecule has 2 aromatic rings. The number of sulfonamides is 1. The van der Waals surface area contributed by atoms with Crippen LogP contribution in [0.15, 0.2) is 53.4 Å². The number of benzene rings is 2. The monoisotopic (exact) mass is 525 g/mol. The largest absolute Gasteiger partial charge is 0.444 e. The summed E-state index contributed by atoms with van der Waals surface area (Å²) in [4.78, 5) is 37.0. The third kappa shape index (κ3) is 7.94. The van der Waals surface area contributed by atoms with Crippen LogP contribution < -0.4 is 10.6 Å². The van der Waals surface area contributed by atoms with Crippen molar-refractivity contribution in [2.24, 2.45) is 0 Å². The summed E-state index contributed by atoms with van der Waals surface area (Å²) >= 11 is 5.94. The summed E-state index contributed by atoms with van der Waals surface area (Å²) in [5, 5.41) is 14.8. The molecule has 0 saturated heterocycles. The number of aliphatic hydroxyl groups is 1. The number of ether oxygens (including phenoxy) is 1. The fraction of sp³-hybridized carbons (Fsp3) is 0.348. The minimum atomic E-state index is -4.45. The Morgan fingerprint density at radius 2 is 1.63 bits per heavy atom. The Kier molecular flexibility index (Phi) is 9.24. The van der Waals surface area contributed by atoms with E-state index in [0.717, 1.165) is 0 Å². The van der Waals surface area contributed by atoms with Crippen LogP contribution in [-0.4, -0.2) is 54.5 Å². The van der Waals surface area contributed by atoms with E-state index < -0.39 is 46.8 Å². The van der Waals surface area contributed by atoms with Crippen molar-refractivity contribution in [1.29, 1.82) is 0 Å². The molecule has 0 spiro atoms. The van der Waals surface area contributed by atoms with Crippen LogP contribution in [0, 0.1) is 0 Å². The van der Waals surface area contributed by atoms with Gasteiger partial charge in [0.1, 0.15) is 11.6 Å². The van der Waals surface area contributed by atoms with Crippen LogP contribution in [0.2, 0.25) is 5.02 Å². The fourth-order valence-electron chi connectivity index (χ4n) is 2.99. The molecule has 190 valence electrons. The average molecular weight is 526 g/mol. The number of nitrogens with zero attached hydrogens (tertiary/aromatic N) is 1. The lowest BCUT2D eigenvalue weighted by Gasteiger charge is -2.28. The van der Waals surface area contributed by atoms with Crippen molar-refractivity contribution in [2.45, 2.75) is 44.2 Å². The van der Waals surface area contributed by atoms with Gasteiger partial charge in [0.15, 0.2) is 0 Å². The molecule has 2 aromatic carbocycles. The Labute approximate surface area is 209 Å². The molecule has 0 aliphatic heterocycles. The minimum Gasteiger partial charge on any atom is -0.444 e. The minimum absolute atomic E-state index is 0.250. The van der Waals surface area contributed by atoms with Crippen molar-refractivity contribution in [1.82, 2.24) is 9.62 Å². The van der Waals surface area contributed by atoms with Gasteiger partial charge in [0.2, 0.25) is 5.91 Å². The van der Waals surface area contributed by atoms with Crippen molar-refractivity contribution in [3.63, 3.8) is 0 Å². The molecule has 0 aliphatic carbocycles. The topological polar surface area (TPSA) is 142 Å². The van der Waals surface area contributed by atoms with Gasteiger partial charge in [0.05, 0.1) is 18.0 Å². The van der Waals surface area contributed by atoms with E-state index in [9.17, 15) is 27.9 Å². The van der Waals surface area contributed by atoms with Crippen molar-refractivity contribution in [3.8, 4) is 0 Å². The summed E-state index contributed by atoms with van der Waals surface area (Å²) in [6.07, 6.45) is -0.938. The van der Waals surface area contributed by atoms with E-state index >= 15 is 0 Å². The second kappa shape index (κ2) is 11.5. The van der Waals surface area contributed by atoms with Crippen LogP contribution in [0.5, 0.6) is 0 Å². The second-order valence-corrected chi connectivity index (χ2v) is 10.8. The van der Waals surface area contributed by atoms with Crippen LogP contribution in [0.1, 0.15) is 39.3 Å². The molecule has 2 rings (SSSR count). The zero-order valence-electron chi connectivity index (χ0n) is 19.7. The maximum Gasteiger partial charge on any atom is 0.408 e. The lowest BCUT2D eigenvalue weighted by Crippen LogP contribution is -2.47. The molecule has 0 aliphatic rings. The summed E-state index contributed by atoms with van der Waals surface area (Å²) in [7, 11) is -4.45. The highest BCUT2D eigenvalue weighted by molar-refractivity contribution is 7.89. The molecule has 10 nitrogen and oxygen atoms in total. The third-order valence-electron chi connectivity index (χ3n) is 4.42. The summed E-state index contributed by atoms with van der Waals surface area (Å²) in [6, 6.07) is 9.62. The Hall–Kier alpha value is -3.15. The smallest absolute Gasteiger partial charge is 0.408 e. The van der Waals surface area contributed by atoms with Gasteiger partial charge in [-0.25, -0.2) is 17.5 Å². The number of hydrogen-bond acceptors (Lipinski definition) is 7. The zero-order chi connectivity index (χ0) is 26.4. The molecule has 0 saturated carbocycles. The Morgan fingerprint density at radius 1 is 1.06 bits per heavy atom. The SMILES string of the molecule is CC(=O)Nc1ccc(S(=O)(=O)N(CCO)C(=O)C(NC(=O)OC(C)(C)C)c2ccc(Cl)cc2)cc1. The van der Waals surface area contributed by atoms with Gasteiger partial charge in [0, 0.05) is 17.6 Å². The molecule has 0 aromatic heterocycles. The third-order valence-corrected chi connectivity index (χ3v) is 6.49. The van der Waals surface area contributed by atoms with E-state index in [1.807, 2.05) is 0 Å². The average Bonchev–Trinajstić information content (AvgIpc) is 2.75. The summed E-state index contributed by atoms with van der Waals surface area (Å²) in [5.74, 6) is -1.35. The molecular weight excluding hydrogens is 498 g/mol. The molecular formula is C23H28ClN3O7S. The zero-order valence-corrected chi connectivity index (χ0v) is 21.3. The van der Waals surface area contributed by atoms with E-state index in [0.29, 0.717) is 15.0 Å². The van der Waals surface area contributed by atoms with Gasteiger partial charge in [-0.2, -0.15) is 0 Å². The number of rotatable bonds is 8. The van der Waals surface area contributed by atoms with E-state index in [-0.39, 0.29) is 16.4 Å². The molecule has 0 bridgehead atoms. The number of alkyl carbamates (subject to hydrolysis) is 1. The highest BCUT2D eigenvalue weighted by Gasteiger charge is 2.36. The van der Waals surface area contributed by atoms with Gasteiger partial charge in [-0.05, 0) is 62.7 Å². The van der Waals surface area contributed by atoms with Gasteiger partial charge in [-0.15, -0.1) is 0 Å². The quantitative estimate of drug-likeness (QED) is 0.480. The van der Waals surface area contributed by atoms with Crippen LogP contribution in [0.25, 0.3) is 0 Å². The van der Waals surface area contributed by atoms with Gasteiger partial charge < -0.3 is 20.5 Å². The number of amides is 3. The van der Waals surface area contributed by atoms with Gasteiger partial charge in [-0.3, -0.25) is 9.59 Å². The van der Waals surface area contributed by atoms with E-state index in [2.05, 4.69) is 10.6 Å². The molecule has 0 heterocycles. The number of carbonyl (C=O) groups is 3. The lowest BCUT2D eigenvalue weighted by molar-refractivity contribution is -0.129. The van der Waals surface area contributed by atoms with Crippen molar-refractivity contribution < 1.29 is 32.6 Å². The first-order valence-electron chi connectivity index (χ1n) is 10.5. The highest BCUT2D eigenvalue weighted by atomic mass is 35.5. The van der Waals surface area contributed by atoms with Gasteiger partial charge in [0.25, 0.3) is 15.9 Å². The first-order valence-corrected chi connectivity index (χ1v) is 12.4. The molecule has 35 heavy (non-hydrogen) atoms. The highest BCUT2D eigenvalue weighted by Crippen LogP contribution is 2.25. The predicted molar refractivity (Wildman–Crippen MR) is 130 cm³/mol. The van der Waals surface area contributed by atoms with Crippen LogP contribution in [0.4, 0.5) is 10.5 Å². The van der Waals surface area contributed by atoms with Crippen LogP contribution in [0.3, 0.4) is 0 Å². The lowest BCUT2D eigenvalue weighted by atomic mass is 10.1. The van der Waals surface area contributed by atoms with Crippen molar-refractivity contribution >= 4 is 45.2 Å². The molecule has 12 heteroatoms. The first-order chi connectivity index (χ1) is 16.2. The predicted octanol–water partition coefficient (Wildman–Crippen LogP) is 3.07. The number of carbonyl (C=O) groups excluding carboxylic acids is 3. The number of hydrogen-bond donors (Lipinski definition) is 3. The Balaban J connectivity index is 2.46. The maximum atomic E-state index is 13.5. The first kappa shape index (κ1) is 28.1. The second-order valence-electron chi connectivity index (χ2n) is 8.48. The number of halogens is 1. The number of aliphatic hydroxyl groups excluding tert-OH is 1. The van der Waals surface area contributed by atoms with Crippen molar-refractivity contribution in [3.05, 3.63) is 59.1 Å². The van der Waals surface area contributed by atoms with Gasteiger partial charge >= 0.3 is 6.09 Å². The molecule has 3 amide bonds. The standard InChI is InChI=1S/C23H28ClN3O7S/c1-15(29)25-18-9-11-19(12-10-18)35(32,33)27(13-14-28)21(30)20(16-5-7-17(24)8-6-16)26-22(31)34-23(2,3)4/h5-12,20,28H,13-14H2,1-4H3,(H,25,29)(H,26,31). The fourth-order valence-corrected chi connectivity index (χ4v) is 4.52. The summed E-state index contributed by atoms with van der Waals surface area (Å²) in [6.45, 7) is 5.00. The number of anilines is 1. The van der Waals surface area contributed by atoms with Crippen LogP contribution >= 0.6 is 11.6 Å². The van der Waals surface area contributed by atoms with Crippen LogP contribution in [-0.2, 0) is 24.3 Å². The van der Waals surface area contributed by atoms with Gasteiger partial charge in [-0.1, -0.05) is 23.7 Å². The van der Waals surface area contributed by atoms with E-state index in [4.69, 9.17) is 16.3 Å². The summed E-state index contributed by atoms with van der Waals surface area (Å²) < 4.78 is 32.4. The van der Waals surface area contributed by atoms with E-state index in [1.54, 1.807) is 20.8 Å². The van der Waals surface area contributed by atoms with Crippen molar-refractivity contribution in [2.75, 3.05) is 18.5 Å². The number of nitrogens with one attached hydrogen (secondary N) is 2. The Morgan fingerprint density at radius 3 is 2.11 bits per heavy atom. The molecule has 1 unspecified atom stereocenters. The Bertz CT molecular complexity index is 1160. The normalized spacial score (nSPS) is 12.4. The molecule has 0 fully saturated rings.